The van der Waals surface area contributed by atoms with Crippen molar-refractivity contribution in [3.05, 3.63) is 101 Å². The lowest BCUT2D eigenvalue weighted by Crippen LogP contribution is -2.04. The van der Waals surface area contributed by atoms with Gasteiger partial charge in [0.05, 0.1) is 0 Å². The maximum atomic E-state index is 3.99. The van der Waals surface area contributed by atoms with Crippen LogP contribution in [-0.2, 0) is 6.42 Å². The van der Waals surface area contributed by atoms with E-state index in [1.165, 1.54) is 33.4 Å². The molecule has 0 amide bonds. The highest BCUT2D eigenvalue weighted by Crippen LogP contribution is 2.39. The van der Waals surface area contributed by atoms with E-state index in [4.69, 9.17) is 0 Å². The van der Waals surface area contributed by atoms with Crippen LogP contribution in [0.3, 0.4) is 0 Å². The van der Waals surface area contributed by atoms with Gasteiger partial charge in [0, 0.05) is 5.92 Å². The Morgan fingerprint density at radius 1 is 1.00 bits per heavy atom. The van der Waals surface area contributed by atoms with Gasteiger partial charge in [-0.05, 0) is 54.4 Å². The Morgan fingerprint density at radius 3 is 2.46 bits per heavy atom. The lowest BCUT2D eigenvalue weighted by atomic mass is 9.85. The summed E-state index contributed by atoms with van der Waals surface area (Å²) in [5, 5.41) is 0. The highest BCUT2D eigenvalue weighted by atomic mass is 14.3. The van der Waals surface area contributed by atoms with Gasteiger partial charge in [-0.2, -0.15) is 0 Å². The van der Waals surface area contributed by atoms with E-state index in [0.717, 1.165) is 19.3 Å². The Kier molecular flexibility index (Phi) is 5.93. The molecule has 0 aromatic heterocycles. The zero-order valence-corrected chi connectivity index (χ0v) is 16.3. The maximum Gasteiger partial charge on any atom is 0.00917 e. The van der Waals surface area contributed by atoms with Crippen molar-refractivity contribution in [2.75, 3.05) is 0 Å². The summed E-state index contributed by atoms with van der Waals surface area (Å²) in [5.41, 5.74) is 8.59. The Balaban J connectivity index is 1.73. The van der Waals surface area contributed by atoms with E-state index in [2.05, 4.69) is 94.1 Å². The summed E-state index contributed by atoms with van der Waals surface area (Å²) >= 11 is 0. The molecule has 2 aromatic carbocycles. The van der Waals surface area contributed by atoms with Crippen LogP contribution in [0.5, 0.6) is 0 Å². The summed E-state index contributed by atoms with van der Waals surface area (Å²) in [6, 6.07) is 17.8. The predicted molar refractivity (Wildman–Crippen MR) is 114 cm³/mol. The van der Waals surface area contributed by atoms with E-state index in [9.17, 15) is 0 Å². The lowest BCUT2D eigenvalue weighted by Gasteiger charge is -2.19. The Hall–Kier alpha value is -2.34. The van der Waals surface area contributed by atoms with E-state index in [-0.39, 0.29) is 0 Å². The normalized spacial score (nSPS) is 16.5. The van der Waals surface area contributed by atoms with Crippen LogP contribution in [0.4, 0.5) is 0 Å². The molecule has 0 saturated carbocycles. The number of hydrogen-bond acceptors (Lipinski definition) is 0. The summed E-state index contributed by atoms with van der Waals surface area (Å²) in [4.78, 5) is 0. The summed E-state index contributed by atoms with van der Waals surface area (Å²) in [5.74, 6) is 1.06. The Labute approximate surface area is 159 Å². The number of hydrogen-bond donors (Lipinski definition) is 0. The third kappa shape index (κ3) is 4.25. The van der Waals surface area contributed by atoms with Crippen LogP contribution in [0.25, 0.3) is 5.57 Å². The molecule has 0 heterocycles. The average molecular weight is 343 g/mol. The molecule has 3 rings (SSSR count). The van der Waals surface area contributed by atoms with Crippen LogP contribution in [0, 0.1) is 12.8 Å². The van der Waals surface area contributed by atoms with E-state index in [1.54, 1.807) is 0 Å². The topological polar surface area (TPSA) is 0 Å². The minimum atomic E-state index is 0.476. The van der Waals surface area contributed by atoms with Gasteiger partial charge in [-0.3, -0.25) is 0 Å². The molecule has 134 valence electrons. The molecule has 0 radical (unpaired) electrons. The zero-order valence-electron chi connectivity index (χ0n) is 16.3. The lowest BCUT2D eigenvalue weighted by molar-refractivity contribution is 0.743. The first-order valence-electron chi connectivity index (χ1n) is 9.76. The third-order valence-corrected chi connectivity index (χ3v) is 5.34. The molecule has 1 aliphatic rings. The second-order valence-corrected chi connectivity index (χ2v) is 7.71. The molecule has 26 heavy (non-hydrogen) atoms. The van der Waals surface area contributed by atoms with Crippen LogP contribution in [0.2, 0.25) is 0 Å². The molecule has 0 bridgehead atoms. The molecule has 0 spiro atoms. The van der Waals surface area contributed by atoms with Gasteiger partial charge < -0.3 is 0 Å². The second kappa shape index (κ2) is 8.36. The molecule has 2 aromatic rings. The molecule has 1 atom stereocenters. The van der Waals surface area contributed by atoms with Crippen molar-refractivity contribution >= 4 is 5.57 Å². The summed E-state index contributed by atoms with van der Waals surface area (Å²) in [7, 11) is 0. The molecular formula is C26H30. The fourth-order valence-corrected chi connectivity index (χ4v) is 3.92. The molecular weight excluding hydrogens is 312 g/mol. The molecule has 0 nitrogen and oxygen atoms in total. The van der Waals surface area contributed by atoms with E-state index < -0.39 is 0 Å². The average Bonchev–Trinajstić information content (AvgIpc) is 3.03. The number of benzene rings is 2. The van der Waals surface area contributed by atoms with E-state index in [1.807, 2.05) is 0 Å². The predicted octanol–water partition coefficient (Wildman–Crippen LogP) is 7.27. The van der Waals surface area contributed by atoms with Crippen molar-refractivity contribution in [2.24, 2.45) is 5.92 Å². The molecule has 1 unspecified atom stereocenters. The van der Waals surface area contributed by atoms with Gasteiger partial charge in [-0.1, -0.05) is 91.7 Å². The SMILES string of the molecule is C=CCC1C(CCc2cc(C)cc(C(C)C)c2)=CC=C1c1ccccc1. The zero-order chi connectivity index (χ0) is 18.5. The van der Waals surface area contributed by atoms with E-state index in [0.29, 0.717) is 11.8 Å². The van der Waals surface area contributed by atoms with Crippen LogP contribution in [0.15, 0.2) is 78.9 Å². The van der Waals surface area contributed by atoms with Gasteiger partial charge in [-0.25, -0.2) is 0 Å². The van der Waals surface area contributed by atoms with Crippen LogP contribution < -0.4 is 0 Å². The second-order valence-electron chi connectivity index (χ2n) is 7.71. The fraction of sp³-hybridized carbons (Fsp3) is 0.308. The first kappa shape index (κ1) is 18.5. The summed E-state index contributed by atoms with van der Waals surface area (Å²) in [6.45, 7) is 10.7. The molecule has 0 saturated heterocycles. The maximum absolute atomic E-state index is 3.99. The quantitative estimate of drug-likeness (QED) is 0.464. The Bertz CT molecular complexity index is 818. The number of rotatable bonds is 7. The highest BCUT2D eigenvalue weighted by Gasteiger charge is 2.22. The molecule has 1 aliphatic carbocycles. The minimum absolute atomic E-state index is 0.476. The molecule has 0 fully saturated rings. The van der Waals surface area contributed by atoms with Crippen molar-refractivity contribution in [2.45, 2.75) is 46.0 Å². The van der Waals surface area contributed by atoms with Gasteiger partial charge in [0.25, 0.3) is 0 Å². The fourth-order valence-electron chi connectivity index (χ4n) is 3.92. The first-order chi connectivity index (χ1) is 12.6. The van der Waals surface area contributed by atoms with Crippen molar-refractivity contribution in [1.82, 2.24) is 0 Å². The first-order valence-corrected chi connectivity index (χ1v) is 9.76. The molecule has 0 aliphatic heterocycles. The van der Waals surface area contributed by atoms with Gasteiger partial charge >= 0.3 is 0 Å². The number of allylic oxidation sites excluding steroid dienone is 5. The Morgan fingerprint density at radius 2 is 1.77 bits per heavy atom. The monoisotopic (exact) mass is 342 g/mol. The molecule has 0 heteroatoms. The van der Waals surface area contributed by atoms with Gasteiger partial charge in [0.2, 0.25) is 0 Å². The van der Waals surface area contributed by atoms with Gasteiger partial charge in [0.15, 0.2) is 0 Å². The molecule has 0 N–H and O–H groups in total. The smallest absolute Gasteiger partial charge is 0.00917 e. The summed E-state index contributed by atoms with van der Waals surface area (Å²) in [6.07, 6.45) is 9.95. The standard InChI is InChI=1S/C26H30/c1-5-9-25-23(14-15-26(25)22-10-7-6-8-11-22)13-12-21-16-20(4)17-24(18-21)19(2)3/h5-8,10-11,14-19,25H,1,9,12-13H2,2-4H3. The van der Waals surface area contributed by atoms with Gasteiger partial charge in [-0.15, -0.1) is 6.58 Å². The minimum Gasteiger partial charge on any atom is -0.103 e. The largest absolute Gasteiger partial charge is 0.103 e. The van der Waals surface area contributed by atoms with Crippen molar-refractivity contribution in [3.8, 4) is 0 Å². The van der Waals surface area contributed by atoms with Crippen molar-refractivity contribution in [3.63, 3.8) is 0 Å². The van der Waals surface area contributed by atoms with E-state index >= 15 is 0 Å². The third-order valence-electron chi connectivity index (χ3n) is 5.34. The highest BCUT2D eigenvalue weighted by molar-refractivity contribution is 5.74. The summed E-state index contributed by atoms with van der Waals surface area (Å²) < 4.78 is 0. The van der Waals surface area contributed by atoms with Crippen LogP contribution >= 0.6 is 0 Å². The number of aryl methyl sites for hydroxylation is 2. The van der Waals surface area contributed by atoms with Crippen molar-refractivity contribution in [1.29, 1.82) is 0 Å². The van der Waals surface area contributed by atoms with Crippen LogP contribution in [-0.4, -0.2) is 0 Å². The van der Waals surface area contributed by atoms with Crippen LogP contribution in [0.1, 0.15) is 54.9 Å². The van der Waals surface area contributed by atoms with Crippen molar-refractivity contribution < 1.29 is 0 Å². The van der Waals surface area contributed by atoms with Gasteiger partial charge in [0.1, 0.15) is 0 Å².